The zero-order valence-electron chi connectivity index (χ0n) is 35.7. The van der Waals surface area contributed by atoms with Crippen LogP contribution < -0.4 is 21.3 Å². The number of benzene rings is 1. The van der Waals surface area contributed by atoms with E-state index in [2.05, 4.69) is 21.3 Å². The van der Waals surface area contributed by atoms with E-state index >= 15 is 0 Å². The molecule has 0 aliphatic rings. The minimum absolute atomic E-state index is 0.0414. The summed E-state index contributed by atoms with van der Waals surface area (Å²) in [6.07, 6.45) is -1.10. The smallest absolute Gasteiger partial charge is 0.408 e. The molecule has 0 radical (unpaired) electrons. The number of esters is 1. The summed E-state index contributed by atoms with van der Waals surface area (Å²) in [5, 5.41) is 10.2. The lowest BCUT2D eigenvalue weighted by Crippen LogP contribution is -2.54. The van der Waals surface area contributed by atoms with Gasteiger partial charge in [0.15, 0.2) is 0 Å². The molecule has 4 N–H and O–H groups in total. The molecule has 1 aromatic rings. The van der Waals surface area contributed by atoms with Crippen LogP contribution in [0.3, 0.4) is 0 Å². The third-order valence-corrected chi connectivity index (χ3v) is 7.58. The molecule has 0 bridgehead atoms. The lowest BCUT2D eigenvalue weighted by Gasteiger charge is -2.24. The first-order valence-electron chi connectivity index (χ1n) is 19.9. The van der Waals surface area contributed by atoms with Crippen molar-refractivity contribution in [3.63, 3.8) is 0 Å². The van der Waals surface area contributed by atoms with Gasteiger partial charge in [0.25, 0.3) is 0 Å². The van der Waals surface area contributed by atoms with E-state index in [-0.39, 0.29) is 38.5 Å². The molecule has 0 heterocycles. The van der Waals surface area contributed by atoms with Gasteiger partial charge in [0.05, 0.1) is 99.1 Å². The second-order valence-electron chi connectivity index (χ2n) is 13.9. The van der Waals surface area contributed by atoms with E-state index in [1.54, 1.807) is 52.1 Å². The molecule has 4 amide bonds. The molecule has 19 heteroatoms. The molecule has 19 nitrogen and oxygen atoms in total. The Kier molecular flexibility index (Phi) is 30.4. The highest BCUT2D eigenvalue weighted by atomic mass is 16.6. The van der Waals surface area contributed by atoms with E-state index in [0.717, 1.165) is 5.56 Å². The SMILES string of the molecule is COCCOCCOCCOCCOCCOCCOCCOCCNC(=O)CCC(NC(=O)OCc1ccccc1)C(=O)NC(C)C(=O)NC(C)C(=O)OC(C)(C)C. The summed E-state index contributed by atoms with van der Waals surface area (Å²) in [7, 11) is 1.63. The molecule has 0 aromatic heterocycles. The van der Waals surface area contributed by atoms with Crippen molar-refractivity contribution in [2.45, 2.75) is 77.8 Å². The van der Waals surface area contributed by atoms with Crippen molar-refractivity contribution in [3.05, 3.63) is 35.9 Å². The Morgan fingerprint density at radius 2 is 1.05 bits per heavy atom. The van der Waals surface area contributed by atoms with Gasteiger partial charge < -0.3 is 68.6 Å². The van der Waals surface area contributed by atoms with E-state index in [1.165, 1.54) is 13.8 Å². The van der Waals surface area contributed by atoms with Gasteiger partial charge in [-0.3, -0.25) is 14.4 Å². The van der Waals surface area contributed by atoms with Crippen molar-refractivity contribution in [1.82, 2.24) is 21.3 Å². The van der Waals surface area contributed by atoms with E-state index in [0.29, 0.717) is 92.5 Å². The van der Waals surface area contributed by atoms with Gasteiger partial charge in [-0.05, 0) is 46.6 Å². The third kappa shape index (κ3) is 30.7. The Bertz CT molecular complexity index is 1290. The van der Waals surface area contributed by atoms with Crippen LogP contribution in [0.15, 0.2) is 30.3 Å². The molecule has 0 aliphatic heterocycles. The number of amides is 4. The topological polar surface area (TPSA) is 226 Å². The van der Waals surface area contributed by atoms with Crippen LogP contribution in [0.1, 0.15) is 53.0 Å². The average molecular weight is 845 g/mol. The third-order valence-electron chi connectivity index (χ3n) is 7.58. The molecule has 3 atom stereocenters. The van der Waals surface area contributed by atoms with Crippen LogP contribution in [-0.4, -0.2) is 166 Å². The van der Waals surface area contributed by atoms with E-state index in [4.69, 9.17) is 47.4 Å². The van der Waals surface area contributed by atoms with Crippen molar-refractivity contribution in [3.8, 4) is 0 Å². The summed E-state index contributed by atoms with van der Waals surface area (Å²) in [6, 6.07) is 5.68. The number of hydrogen-bond acceptors (Lipinski definition) is 15. The largest absolute Gasteiger partial charge is 0.458 e. The quantitative estimate of drug-likeness (QED) is 0.0558. The number of nitrogens with one attached hydrogen (secondary N) is 4. The maximum Gasteiger partial charge on any atom is 0.408 e. The first-order valence-corrected chi connectivity index (χ1v) is 19.9. The molecule has 0 fully saturated rings. The fraction of sp³-hybridized carbons (Fsp3) is 0.725. The number of rotatable bonds is 35. The zero-order chi connectivity index (χ0) is 43.6. The standard InChI is InChI=1S/C40H68N4O15/c1-31(36(46)43-32(2)38(48)59-40(3,4)5)42-37(47)34(44-39(49)58-30-33-10-8-7-9-11-33)12-13-35(45)41-14-15-51-18-19-53-22-23-55-26-27-57-29-28-56-25-24-54-21-20-52-17-16-50-6/h7-11,31-32,34H,12-30H2,1-6H3,(H,41,45)(H,42,47)(H,43,46)(H,44,49). The van der Waals surface area contributed by atoms with E-state index in [1.807, 2.05) is 6.07 Å². The van der Waals surface area contributed by atoms with Crippen LogP contribution in [0, 0.1) is 0 Å². The predicted octanol–water partition coefficient (Wildman–Crippen LogP) is 1.29. The highest BCUT2D eigenvalue weighted by Gasteiger charge is 2.28. The first-order chi connectivity index (χ1) is 28.3. The Hall–Kier alpha value is -3.95. The van der Waals surface area contributed by atoms with E-state index in [9.17, 15) is 24.0 Å². The summed E-state index contributed by atoms with van der Waals surface area (Å²) in [6.45, 7) is 14.8. The van der Waals surface area contributed by atoms with Crippen molar-refractivity contribution in [2.24, 2.45) is 0 Å². The van der Waals surface area contributed by atoms with Crippen molar-refractivity contribution in [1.29, 1.82) is 0 Å². The highest BCUT2D eigenvalue weighted by Crippen LogP contribution is 2.09. The van der Waals surface area contributed by atoms with Crippen molar-refractivity contribution in [2.75, 3.05) is 113 Å². The lowest BCUT2D eigenvalue weighted by atomic mass is 10.1. The lowest BCUT2D eigenvalue weighted by molar-refractivity contribution is -0.158. The van der Waals surface area contributed by atoms with Gasteiger partial charge in [0.1, 0.15) is 30.3 Å². The molecular weight excluding hydrogens is 776 g/mol. The minimum Gasteiger partial charge on any atom is -0.458 e. The summed E-state index contributed by atoms with van der Waals surface area (Å²) < 4.78 is 53.5. The van der Waals surface area contributed by atoms with Crippen LogP contribution in [-0.2, 0) is 73.2 Å². The molecule has 338 valence electrons. The number of ether oxygens (including phenoxy) is 10. The zero-order valence-corrected chi connectivity index (χ0v) is 35.7. The number of methoxy groups -OCH3 is 1. The Morgan fingerprint density at radius 1 is 0.593 bits per heavy atom. The Labute approximate surface area is 348 Å². The van der Waals surface area contributed by atoms with Gasteiger partial charge in [-0.1, -0.05) is 30.3 Å². The molecule has 1 aromatic carbocycles. The molecule has 0 saturated heterocycles. The maximum atomic E-state index is 13.2. The average Bonchev–Trinajstić information content (AvgIpc) is 3.19. The number of carbonyl (C=O) groups is 5. The molecule has 0 saturated carbocycles. The summed E-state index contributed by atoms with van der Waals surface area (Å²) in [4.78, 5) is 63.5. The highest BCUT2D eigenvalue weighted by molar-refractivity contribution is 5.93. The molecule has 59 heavy (non-hydrogen) atoms. The van der Waals surface area contributed by atoms with Crippen LogP contribution in [0.4, 0.5) is 4.79 Å². The minimum atomic E-state index is -1.22. The van der Waals surface area contributed by atoms with Crippen molar-refractivity contribution < 1.29 is 71.3 Å². The second kappa shape index (κ2) is 33.8. The van der Waals surface area contributed by atoms with Crippen LogP contribution in [0.2, 0.25) is 0 Å². The van der Waals surface area contributed by atoms with Crippen molar-refractivity contribution >= 4 is 29.8 Å². The Balaban J connectivity index is 2.25. The second-order valence-corrected chi connectivity index (χ2v) is 13.9. The molecule has 0 aliphatic carbocycles. The molecule has 0 spiro atoms. The van der Waals surface area contributed by atoms with Gasteiger partial charge in [0, 0.05) is 20.1 Å². The number of alkyl carbamates (subject to hydrolysis) is 1. The summed E-state index contributed by atoms with van der Waals surface area (Å²) in [5.74, 6) is -2.38. The van der Waals surface area contributed by atoms with Gasteiger partial charge in [-0.2, -0.15) is 0 Å². The first kappa shape index (κ1) is 53.1. The van der Waals surface area contributed by atoms with Gasteiger partial charge in [0.2, 0.25) is 17.7 Å². The van der Waals surface area contributed by atoms with Gasteiger partial charge >= 0.3 is 12.1 Å². The number of carbonyl (C=O) groups excluding carboxylic acids is 5. The molecule has 1 rings (SSSR count). The van der Waals surface area contributed by atoms with Gasteiger partial charge in [-0.25, -0.2) is 9.59 Å². The monoisotopic (exact) mass is 844 g/mol. The fourth-order valence-corrected chi connectivity index (χ4v) is 4.53. The van der Waals surface area contributed by atoms with Crippen LogP contribution >= 0.6 is 0 Å². The van der Waals surface area contributed by atoms with E-state index < -0.39 is 47.6 Å². The Morgan fingerprint density at radius 3 is 1.53 bits per heavy atom. The molecule has 3 unspecified atom stereocenters. The normalized spacial score (nSPS) is 12.8. The summed E-state index contributed by atoms with van der Waals surface area (Å²) >= 11 is 0. The van der Waals surface area contributed by atoms with Crippen LogP contribution in [0.5, 0.6) is 0 Å². The van der Waals surface area contributed by atoms with Crippen LogP contribution in [0.25, 0.3) is 0 Å². The predicted molar refractivity (Wildman–Crippen MR) is 214 cm³/mol. The summed E-state index contributed by atoms with van der Waals surface area (Å²) in [5.41, 5.74) is -0.0105. The van der Waals surface area contributed by atoms with Gasteiger partial charge in [-0.15, -0.1) is 0 Å². The fourth-order valence-electron chi connectivity index (χ4n) is 4.53. The maximum absolute atomic E-state index is 13.2. The number of hydrogen-bond donors (Lipinski definition) is 4. The molecular formula is C40H68N4O15.